The first-order valence-electron chi connectivity index (χ1n) is 6.28. The van der Waals surface area contributed by atoms with Crippen molar-refractivity contribution in [2.24, 2.45) is 0 Å². The Morgan fingerprint density at radius 3 is 2.61 bits per heavy atom. The number of aliphatic hydroxyl groups excluding tert-OH is 1. The highest BCUT2D eigenvalue weighted by Crippen LogP contribution is 2.15. The zero-order chi connectivity index (χ0) is 13.4. The minimum absolute atomic E-state index is 0.196. The van der Waals surface area contributed by atoms with Crippen molar-refractivity contribution < 1.29 is 14.6 Å². The molecule has 0 heterocycles. The second kappa shape index (κ2) is 7.84. The van der Waals surface area contributed by atoms with Gasteiger partial charge in [0.05, 0.1) is 5.56 Å². The number of ether oxygens (including phenoxy) is 1. The van der Waals surface area contributed by atoms with E-state index < -0.39 is 6.10 Å². The van der Waals surface area contributed by atoms with E-state index in [2.05, 4.69) is 18.7 Å². The van der Waals surface area contributed by atoms with Gasteiger partial charge in [0.2, 0.25) is 0 Å². The summed E-state index contributed by atoms with van der Waals surface area (Å²) in [6.07, 6.45) is 0.205. The summed E-state index contributed by atoms with van der Waals surface area (Å²) >= 11 is 0. The fraction of sp³-hybridized carbons (Fsp3) is 0.500. The van der Waals surface area contributed by atoms with Gasteiger partial charge in [0.1, 0.15) is 18.5 Å². The molecule has 0 amide bonds. The van der Waals surface area contributed by atoms with Gasteiger partial charge < -0.3 is 14.7 Å². The Morgan fingerprint density at radius 1 is 1.33 bits per heavy atom. The summed E-state index contributed by atoms with van der Waals surface area (Å²) in [5, 5.41) is 9.85. The third-order valence-electron chi connectivity index (χ3n) is 2.84. The Labute approximate surface area is 108 Å². The van der Waals surface area contributed by atoms with Gasteiger partial charge in [-0.15, -0.1) is 0 Å². The summed E-state index contributed by atoms with van der Waals surface area (Å²) in [6.45, 7) is 6.69. The molecule has 1 unspecified atom stereocenters. The van der Waals surface area contributed by atoms with Crippen molar-refractivity contribution in [3.8, 4) is 5.75 Å². The topological polar surface area (TPSA) is 49.8 Å². The molecule has 0 saturated carbocycles. The molecule has 0 spiro atoms. The van der Waals surface area contributed by atoms with Crippen LogP contribution in [-0.2, 0) is 0 Å². The lowest BCUT2D eigenvalue weighted by Gasteiger charge is -2.22. The number of hydrogen-bond donors (Lipinski definition) is 1. The zero-order valence-electron chi connectivity index (χ0n) is 11.0. The number of carbonyl (C=O) groups is 1. The summed E-state index contributed by atoms with van der Waals surface area (Å²) in [7, 11) is 0. The molecule has 4 heteroatoms. The van der Waals surface area contributed by atoms with E-state index in [1.54, 1.807) is 24.3 Å². The molecule has 0 aliphatic carbocycles. The largest absolute Gasteiger partial charge is 0.490 e. The highest BCUT2D eigenvalue weighted by atomic mass is 16.5. The molecule has 1 aromatic rings. The minimum atomic E-state index is -0.551. The molecular weight excluding hydrogens is 230 g/mol. The van der Waals surface area contributed by atoms with Crippen molar-refractivity contribution in [2.75, 3.05) is 26.2 Å². The first-order valence-corrected chi connectivity index (χ1v) is 6.28. The molecule has 1 atom stereocenters. The van der Waals surface area contributed by atoms with Crippen molar-refractivity contribution >= 4 is 6.29 Å². The molecule has 0 fully saturated rings. The molecule has 0 aliphatic heterocycles. The number of para-hydroxylation sites is 1. The van der Waals surface area contributed by atoms with Gasteiger partial charge in [-0.2, -0.15) is 0 Å². The van der Waals surface area contributed by atoms with E-state index >= 15 is 0 Å². The third-order valence-corrected chi connectivity index (χ3v) is 2.84. The van der Waals surface area contributed by atoms with E-state index in [1.807, 2.05) is 0 Å². The van der Waals surface area contributed by atoms with Crippen molar-refractivity contribution in [3.05, 3.63) is 29.8 Å². The number of rotatable bonds is 8. The Kier molecular flexibility index (Phi) is 6.39. The number of aliphatic hydroxyl groups is 1. The highest BCUT2D eigenvalue weighted by Gasteiger charge is 2.10. The van der Waals surface area contributed by atoms with E-state index in [-0.39, 0.29) is 6.61 Å². The summed E-state index contributed by atoms with van der Waals surface area (Å²) in [5.41, 5.74) is 0.507. The molecule has 18 heavy (non-hydrogen) atoms. The number of aldehydes is 1. The van der Waals surface area contributed by atoms with Crippen LogP contribution in [0.5, 0.6) is 5.75 Å². The molecule has 4 nitrogen and oxygen atoms in total. The molecule has 100 valence electrons. The van der Waals surface area contributed by atoms with Crippen molar-refractivity contribution in [2.45, 2.75) is 20.0 Å². The predicted molar refractivity (Wildman–Crippen MR) is 71.1 cm³/mol. The molecule has 1 rings (SSSR count). The maximum Gasteiger partial charge on any atom is 0.153 e. The second-order valence-electron chi connectivity index (χ2n) is 4.11. The Hall–Kier alpha value is -1.39. The van der Waals surface area contributed by atoms with Crippen LogP contribution in [0.15, 0.2) is 24.3 Å². The van der Waals surface area contributed by atoms with E-state index in [1.165, 1.54) is 0 Å². The Morgan fingerprint density at radius 2 is 2.00 bits per heavy atom. The van der Waals surface area contributed by atoms with Gasteiger partial charge in [-0.3, -0.25) is 4.79 Å². The second-order valence-corrected chi connectivity index (χ2v) is 4.11. The monoisotopic (exact) mass is 251 g/mol. The average molecular weight is 251 g/mol. The van der Waals surface area contributed by atoms with Gasteiger partial charge in [0.25, 0.3) is 0 Å². The molecule has 1 N–H and O–H groups in total. The van der Waals surface area contributed by atoms with Crippen LogP contribution < -0.4 is 4.74 Å². The Balaban J connectivity index is 2.46. The summed E-state index contributed by atoms with van der Waals surface area (Å²) in [6, 6.07) is 7.01. The lowest BCUT2D eigenvalue weighted by Crippen LogP contribution is -2.35. The van der Waals surface area contributed by atoms with Gasteiger partial charge in [-0.05, 0) is 25.2 Å². The van der Waals surface area contributed by atoms with Crippen LogP contribution in [0.25, 0.3) is 0 Å². The van der Waals surface area contributed by atoms with Crippen LogP contribution in [0.1, 0.15) is 24.2 Å². The molecule has 1 aromatic carbocycles. The smallest absolute Gasteiger partial charge is 0.153 e. The number of carbonyl (C=O) groups excluding carboxylic acids is 1. The number of likely N-dealkylation sites (N-methyl/N-ethyl adjacent to an activating group) is 1. The van der Waals surface area contributed by atoms with Gasteiger partial charge in [0.15, 0.2) is 6.29 Å². The predicted octanol–water partition coefficient (Wildman–Crippen LogP) is 1.58. The van der Waals surface area contributed by atoms with Gasteiger partial charge in [-0.25, -0.2) is 0 Å². The first-order chi connectivity index (χ1) is 8.71. The third kappa shape index (κ3) is 4.47. The lowest BCUT2D eigenvalue weighted by molar-refractivity contribution is 0.0711. The van der Waals surface area contributed by atoms with Crippen molar-refractivity contribution in [1.29, 1.82) is 0 Å². The average Bonchev–Trinajstić information content (AvgIpc) is 2.42. The summed E-state index contributed by atoms with van der Waals surface area (Å²) in [5.74, 6) is 0.520. The maximum atomic E-state index is 10.8. The Bertz CT molecular complexity index is 364. The van der Waals surface area contributed by atoms with Gasteiger partial charge in [0, 0.05) is 6.54 Å². The van der Waals surface area contributed by atoms with E-state index in [9.17, 15) is 9.90 Å². The molecule has 0 radical (unpaired) electrons. The standard InChI is InChI=1S/C14H21NO3/c1-3-15(4-2)9-13(17)11-18-14-8-6-5-7-12(14)10-16/h5-8,10,13,17H,3-4,9,11H2,1-2H3. The van der Waals surface area contributed by atoms with Crippen molar-refractivity contribution in [1.82, 2.24) is 4.90 Å². The number of benzene rings is 1. The lowest BCUT2D eigenvalue weighted by atomic mass is 10.2. The normalized spacial score (nSPS) is 12.4. The van der Waals surface area contributed by atoms with E-state index in [4.69, 9.17) is 4.74 Å². The fourth-order valence-corrected chi connectivity index (χ4v) is 1.73. The van der Waals surface area contributed by atoms with Crippen LogP contribution >= 0.6 is 0 Å². The molecule has 0 aliphatic rings. The quantitative estimate of drug-likeness (QED) is 0.713. The van der Waals surface area contributed by atoms with Crippen molar-refractivity contribution in [3.63, 3.8) is 0 Å². The van der Waals surface area contributed by atoms with Crippen LogP contribution in [0.2, 0.25) is 0 Å². The van der Waals surface area contributed by atoms with Crippen LogP contribution in [0.3, 0.4) is 0 Å². The van der Waals surface area contributed by atoms with Crippen LogP contribution in [-0.4, -0.2) is 48.6 Å². The molecular formula is C14H21NO3. The van der Waals surface area contributed by atoms with Crippen LogP contribution in [0.4, 0.5) is 0 Å². The van der Waals surface area contributed by atoms with E-state index in [0.717, 1.165) is 19.4 Å². The maximum absolute atomic E-state index is 10.8. The summed E-state index contributed by atoms with van der Waals surface area (Å²) < 4.78 is 5.47. The van der Waals surface area contributed by atoms with Crippen LogP contribution in [0, 0.1) is 0 Å². The summed E-state index contributed by atoms with van der Waals surface area (Å²) in [4.78, 5) is 12.9. The fourth-order valence-electron chi connectivity index (χ4n) is 1.73. The molecule has 0 bridgehead atoms. The van der Waals surface area contributed by atoms with Gasteiger partial charge >= 0.3 is 0 Å². The van der Waals surface area contributed by atoms with E-state index in [0.29, 0.717) is 17.9 Å². The van der Waals surface area contributed by atoms with Gasteiger partial charge in [-0.1, -0.05) is 26.0 Å². The number of nitrogens with zero attached hydrogens (tertiary/aromatic N) is 1. The zero-order valence-corrected chi connectivity index (χ0v) is 11.0. The molecule has 0 aromatic heterocycles. The highest BCUT2D eigenvalue weighted by molar-refractivity contribution is 5.79. The SMILES string of the molecule is CCN(CC)CC(O)COc1ccccc1C=O. The minimum Gasteiger partial charge on any atom is -0.490 e. The number of hydrogen-bond acceptors (Lipinski definition) is 4. The molecule has 0 saturated heterocycles. The first kappa shape index (κ1) is 14.7.